The van der Waals surface area contributed by atoms with Crippen LogP contribution < -0.4 is 4.90 Å². The lowest BCUT2D eigenvalue weighted by Crippen LogP contribution is -2.39. The lowest BCUT2D eigenvalue weighted by atomic mass is 9.99. The first-order valence-corrected chi connectivity index (χ1v) is 13.0. The second-order valence-electron chi connectivity index (χ2n) is 9.30. The summed E-state index contributed by atoms with van der Waals surface area (Å²) in [5, 5.41) is 0.677. The predicted molar refractivity (Wildman–Crippen MR) is 141 cm³/mol. The number of imide groups is 1. The van der Waals surface area contributed by atoms with E-state index in [2.05, 4.69) is 19.9 Å². The average Bonchev–Trinajstić information content (AvgIpc) is 3.35. The minimum atomic E-state index is -0.322. The summed E-state index contributed by atoms with van der Waals surface area (Å²) < 4.78 is 2.02. The third kappa shape index (κ3) is 4.52. The van der Waals surface area contributed by atoms with Gasteiger partial charge in [0.1, 0.15) is 6.54 Å². The number of hydrogen-bond donors (Lipinski definition) is 0. The third-order valence-corrected chi connectivity index (χ3v) is 7.80. The Bertz CT molecular complexity index is 1320. The molecule has 3 amide bonds. The molecule has 0 atom stereocenters. The molecule has 2 saturated heterocycles. The number of anilines is 1. The molecular formula is C28H29N3O3S. The van der Waals surface area contributed by atoms with Crippen molar-refractivity contribution < 1.29 is 14.4 Å². The second kappa shape index (κ2) is 9.74. The monoisotopic (exact) mass is 487 g/mol. The van der Waals surface area contributed by atoms with Gasteiger partial charge >= 0.3 is 0 Å². The van der Waals surface area contributed by atoms with Gasteiger partial charge in [0.15, 0.2) is 0 Å². The molecule has 0 spiro atoms. The number of piperidine rings is 1. The Kier molecular flexibility index (Phi) is 6.52. The van der Waals surface area contributed by atoms with Crippen molar-refractivity contribution in [3.8, 4) is 0 Å². The first-order valence-electron chi connectivity index (χ1n) is 12.2. The number of carbonyl (C=O) groups is 3. The first kappa shape index (κ1) is 23.4. The minimum absolute atomic E-state index is 0.121. The highest BCUT2D eigenvalue weighted by atomic mass is 32.2. The van der Waals surface area contributed by atoms with E-state index in [9.17, 15) is 14.4 Å². The number of hydrogen-bond acceptors (Lipinski definition) is 4. The van der Waals surface area contributed by atoms with Crippen molar-refractivity contribution in [2.75, 3.05) is 18.0 Å². The van der Waals surface area contributed by atoms with Crippen molar-refractivity contribution >= 4 is 51.5 Å². The topological polar surface area (TPSA) is 62.6 Å². The Hall–Kier alpha value is -3.32. The molecule has 0 unspecified atom stereocenters. The van der Waals surface area contributed by atoms with E-state index in [1.165, 1.54) is 4.90 Å². The molecule has 5 rings (SSSR count). The number of rotatable bonds is 5. The van der Waals surface area contributed by atoms with E-state index in [1.54, 1.807) is 18.2 Å². The molecule has 7 heteroatoms. The molecule has 0 radical (unpaired) electrons. The van der Waals surface area contributed by atoms with Gasteiger partial charge in [0.05, 0.1) is 16.1 Å². The normalized spacial score (nSPS) is 18.3. The Labute approximate surface area is 209 Å². The summed E-state index contributed by atoms with van der Waals surface area (Å²) in [6.45, 7) is 6.21. The molecule has 2 aliphatic rings. The molecule has 0 aliphatic carbocycles. The summed E-state index contributed by atoms with van der Waals surface area (Å²) in [5.41, 5.74) is 3.58. The highest BCUT2D eigenvalue weighted by molar-refractivity contribution is 8.19. The van der Waals surface area contributed by atoms with Crippen LogP contribution in [0.1, 0.15) is 37.8 Å². The number of aryl methyl sites for hydroxylation is 1. The van der Waals surface area contributed by atoms with E-state index < -0.39 is 0 Å². The molecule has 2 aliphatic heterocycles. The van der Waals surface area contributed by atoms with Gasteiger partial charge in [-0.1, -0.05) is 50.2 Å². The van der Waals surface area contributed by atoms with E-state index in [-0.39, 0.29) is 23.6 Å². The number of likely N-dealkylation sites (tertiary alicyclic amines) is 1. The van der Waals surface area contributed by atoms with Crippen LogP contribution in [0.15, 0.2) is 59.6 Å². The van der Waals surface area contributed by atoms with Gasteiger partial charge in [-0.2, -0.15) is 0 Å². The van der Waals surface area contributed by atoms with Gasteiger partial charge in [0.2, 0.25) is 5.91 Å². The van der Waals surface area contributed by atoms with Crippen LogP contribution in [-0.2, 0) is 22.6 Å². The summed E-state index contributed by atoms with van der Waals surface area (Å²) in [4.78, 5) is 42.5. The van der Waals surface area contributed by atoms with Crippen LogP contribution in [0.3, 0.4) is 0 Å². The van der Waals surface area contributed by atoms with E-state index in [0.717, 1.165) is 66.1 Å². The molecule has 3 aromatic rings. The second-order valence-corrected chi connectivity index (χ2v) is 10.3. The number of thioether (sulfide) groups is 1. The zero-order chi connectivity index (χ0) is 24.5. The lowest BCUT2D eigenvalue weighted by molar-refractivity contribution is -0.133. The third-order valence-electron chi connectivity index (χ3n) is 6.93. The van der Waals surface area contributed by atoms with E-state index in [1.807, 2.05) is 46.0 Å². The summed E-state index contributed by atoms with van der Waals surface area (Å²) in [5.74, 6) is 0.462. The number of nitrogens with zero attached hydrogens (tertiary/aromatic N) is 3. The zero-order valence-corrected chi connectivity index (χ0v) is 20.9. The van der Waals surface area contributed by atoms with Crippen molar-refractivity contribution in [3.05, 3.63) is 70.8 Å². The number of fused-ring (bicyclic) bond motifs is 1. The quantitative estimate of drug-likeness (QED) is 0.433. The fraction of sp³-hybridized carbons (Fsp3) is 0.321. The van der Waals surface area contributed by atoms with Gasteiger partial charge in [-0.25, -0.2) is 4.90 Å². The zero-order valence-electron chi connectivity index (χ0n) is 20.1. The van der Waals surface area contributed by atoms with Crippen LogP contribution in [0, 0.1) is 5.92 Å². The Balaban J connectivity index is 1.49. The SMILES string of the molecule is CCc1cccc2c(/C=C3\SC(=O)N(c4ccccc4)C3=O)cn(CC(=O)N3CCC(C)CC3)c12. The largest absolute Gasteiger partial charge is 0.341 e. The van der Waals surface area contributed by atoms with Crippen LogP contribution in [0.5, 0.6) is 0 Å². The Morgan fingerprint density at radius 3 is 2.51 bits per heavy atom. The van der Waals surface area contributed by atoms with Crippen LogP contribution in [0.2, 0.25) is 0 Å². The molecule has 1 aromatic heterocycles. The molecule has 6 nitrogen and oxygen atoms in total. The smallest absolute Gasteiger partial charge is 0.298 e. The summed E-state index contributed by atoms with van der Waals surface area (Å²) in [6, 6.07) is 15.1. The van der Waals surface area contributed by atoms with E-state index in [4.69, 9.17) is 0 Å². The highest BCUT2D eigenvalue weighted by Crippen LogP contribution is 2.37. The number of amides is 3. The van der Waals surface area contributed by atoms with Crippen LogP contribution >= 0.6 is 11.8 Å². The summed E-state index contributed by atoms with van der Waals surface area (Å²) in [7, 11) is 0. The van der Waals surface area contributed by atoms with Gasteiger partial charge in [0.25, 0.3) is 11.1 Å². The number of para-hydroxylation sites is 2. The number of carbonyl (C=O) groups excluding carboxylic acids is 3. The molecule has 0 bridgehead atoms. The average molecular weight is 488 g/mol. The molecule has 2 aromatic carbocycles. The van der Waals surface area contributed by atoms with Crippen LogP contribution in [0.25, 0.3) is 17.0 Å². The minimum Gasteiger partial charge on any atom is -0.341 e. The van der Waals surface area contributed by atoms with Crippen molar-refractivity contribution in [1.82, 2.24) is 9.47 Å². The van der Waals surface area contributed by atoms with Crippen molar-refractivity contribution in [2.24, 2.45) is 5.92 Å². The maximum absolute atomic E-state index is 13.1. The molecule has 35 heavy (non-hydrogen) atoms. The van der Waals surface area contributed by atoms with Crippen LogP contribution in [0.4, 0.5) is 10.5 Å². The van der Waals surface area contributed by atoms with E-state index >= 15 is 0 Å². The Morgan fingerprint density at radius 1 is 1.06 bits per heavy atom. The molecule has 180 valence electrons. The van der Waals surface area contributed by atoms with Gasteiger partial charge in [-0.15, -0.1) is 0 Å². The maximum Gasteiger partial charge on any atom is 0.298 e. The molecule has 2 fully saturated rings. The molecule has 0 saturated carbocycles. The highest BCUT2D eigenvalue weighted by Gasteiger charge is 2.36. The Morgan fingerprint density at radius 2 is 1.80 bits per heavy atom. The van der Waals surface area contributed by atoms with Gasteiger partial charge in [0, 0.05) is 30.2 Å². The van der Waals surface area contributed by atoms with E-state index in [0.29, 0.717) is 16.5 Å². The molecule has 0 N–H and O–H groups in total. The molecular weight excluding hydrogens is 458 g/mol. The van der Waals surface area contributed by atoms with Crippen LogP contribution in [-0.4, -0.2) is 39.6 Å². The maximum atomic E-state index is 13.1. The fourth-order valence-corrected chi connectivity index (χ4v) is 5.74. The number of benzene rings is 2. The fourth-order valence-electron chi connectivity index (χ4n) is 4.90. The molecule has 3 heterocycles. The predicted octanol–water partition coefficient (Wildman–Crippen LogP) is 5.70. The van der Waals surface area contributed by atoms with Gasteiger partial charge in [-0.3, -0.25) is 14.4 Å². The van der Waals surface area contributed by atoms with Gasteiger partial charge in [-0.05, 0) is 60.7 Å². The van der Waals surface area contributed by atoms with Crippen molar-refractivity contribution in [1.29, 1.82) is 0 Å². The summed E-state index contributed by atoms with van der Waals surface area (Å²) in [6.07, 6.45) is 6.66. The number of aromatic nitrogens is 1. The summed E-state index contributed by atoms with van der Waals surface area (Å²) >= 11 is 0.950. The van der Waals surface area contributed by atoms with Gasteiger partial charge < -0.3 is 9.47 Å². The van der Waals surface area contributed by atoms with Crippen molar-refractivity contribution in [2.45, 2.75) is 39.7 Å². The first-order chi connectivity index (χ1) is 17.0. The standard InChI is InChI=1S/C28H29N3O3S/c1-3-20-8-7-11-23-21(16-24-27(33)31(28(34)35-24)22-9-5-4-6-10-22)17-30(26(20)23)18-25(32)29-14-12-19(2)13-15-29/h4-11,16-17,19H,3,12-15,18H2,1-2H3/b24-16-. The lowest BCUT2D eigenvalue weighted by Gasteiger charge is -2.30. The van der Waals surface area contributed by atoms with Crippen molar-refractivity contribution in [3.63, 3.8) is 0 Å².